The minimum atomic E-state index is -1.22. The monoisotopic (exact) mass is 250 g/mol. The van der Waals surface area contributed by atoms with Crippen molar-refractivity contribution < 1.29 is 24.2 Å². The number of Topliss-reactive ketones (excluding diaryl/α,β-unsaturated/α-hetero) is 1. The Morgan fingerprint density at radius 2 is 1.94 bits per heavy atom. The molecule has 0 aromatic heterocycles. The molecule has 1 aliphatic heterocycles. The SMILES string of the molecule is O=C(O)C(C(=O)c1ccccc1)C1COCCO1. The second-order valence-electron chi connectivity index (χ2n) is 4.03. The molecule has 1 heterocycles. The van der Waals surface area contributed by atoms with Gasteiger partial charge in [0.05, 0.1) is 19.8 Å². The Morgan fingerprint density at radius 1 is 1.22 bits per heavy atom. The minimum Gasteiger partial charge on any atom is -0.481 e. The molecule has 2 rings (SSSR count). The Balaban J connectivity index is 2.19. The number of ether oxygens (including phenoxy) is 2. The van der Waals surface area contributed by atoms with Gasteiger partial charge in [-0.1, -0.05) is 30.3 Å². The van der Waals surface area contributed by atoms with E-state index in [1.54, 1.807) is 30.3 Å². The lowest BCUT2D eigenvalue weighted by molar-refractivity contribution is -0.153. The first kappa shape index (κ1) is 12.7. The number of carboxylic acids is 1. The maximum Gasteiger partial charge on any atom is 0.317 e. The highest BCUT2D eigenvalue weighted by Crippen LogP contribution is 2.18. The molecule has 96 valence electrons. The molecule has 5 nitrogen and oxygen atoms in total. The zero-order valence-corrected chi connectivity index (χ0v) is 9.74. The molecular formula is C13H14O5. The second-order valence-corrected chi connectivity index (χ2v) is 4.03. The molecule has 0 spiro atoms. The van der Waals surface area contributed by atoms with Crippen LogP contribution in [0.3, 0.4) is 0 Å². The summed E-state index contributed by atoms with van der Waals surface area (Å²) in [6.45, 7) is 0.883. The van der Waals surface area contributed by atoms with E-state index in [-0.39, 0.29) is 6.61 Å². The lowest BCUT2D eigenvalue weighted by atomic mass is 9.92. The summed E-state index contributed by atoms with van der Waals surface area (Å²) < 4.78 is 10.5. The number of rotatable bonds is 4. The van der Waals surface area contributed by atoms with Gasteiger partial charge in [0, 0.05) is 5.56 Å². The van der Waals surface area contributed by atoms with Crippen LogP contribution in [0.25, 0.3) is 0 Å². The van der Waals surface area contributed by atoms with Gasteiger partial charge >= 0.3 is 5.97 Å². The van der Waals surface area contributed by atoms with Crippen molar-refractivity contribution in [2.75, 3.05) is 19.8 Å². The van der Waals surface area contributed by atoms with Crippen molar-refractivity contribution >= 4 is 11.8 Å². The number of ketones is 1. The van der Waals surface area contributed by atoms with Crippen molar-refractivity contribution in [2.45, 2.75) is 6.10 Å². The van der Waals surface area contributed by atoms with E-state index in [9.17, 15) is 14.7 Å². The van der Waals surface area contributed by atoms with Gasteiger partial charge in [0.15, 0.2) is 5.78 Å². The van der Waals surface area contributed by atoms with Crippen molar-refractivity contribution in [1.29, 1.82) is 0 Å². The molecule has 0 radical (unpaired) electrons. The normalized spacial score (nSPS) is 21.2. The van der Waals surface area contributed by atoms with Crippen LogP contribution in [0.4, 0.5) is 0 Å². The fraction of sp³-hybridized carbons (Fsp3) is 0.385. The van der Waals surface area contributed by atoms with Gasteiger partial charge in [-0.05, 0) is 0 Å². The third-order valence-electron chi connectivity index (χ3n) is 2.82. The number of benzene rings is 1. The molecule has 2 unspecified atom stereocenters. The first-order valence-electron chi connectivity index (χ1n) is 5.71. The van der Waals surface area contributed by atoms with Gasteiger partial charge in [-0.2, -0.15) is 0 Å². The van der Waals surface area contributed by atoms with Crippen LogP contribution in [0.15, 0.2) is 30.3 Å². The highest BCUT2D eigenvalue weighted by atomic mass is 16.6. The smallest absolute Gasteiger partial charge is 0.317 e. The number of aliphatic carboxylic acids is 1. The summed E-state index contributed by atoms with van der Waals surface area (Å²) in [5.74, 6) is -2.84. The minimum absolute atomic E-state index is 0.134. The summed E-state index contributed by atoms with van der Waals surface area (Å²) in [4.78, 5) is 23.4. The number of hydrogen-bond acceptors (Lipinski definition) is 4. The van der Waals surface area contributed by atoms with Crippen LogP contribution in [-0.2, 0) is 14.3 Å². The molecule has 1 N–H and O–H groups in total. The molecular weight excluding hydrogens is 236 g/mol. The molecule has 0 amide bonds. The van der Waals surface area contributed by atoms with Gasteiger partial charge in [-0.3, -0.25) is 9.59 Å². The van der Waals surface area contributed by atoms with E-state index in [0.717, 1.165) is 0 Å². The van der Waals surface area contributed by atoms with E-state index in [2.05, 4.69) is 0 Å². The molecule has 1 aliphatic rings. The highest BCUT2D eigenvalue weighted by Gasteiger charge is 2.37. The van der Waals surface area contributed by atoms with Gasteiger partial charge in [-0.25, -0.2) is 0 Å². The maximum absolute atomic E-state index is 12.2. The maximum atomic E-state index is 12.2. The Morgan fingerprint density at radius 3 is 2.50 bits per heavy atom. The molecule has 0 aliphatic carbocycles. The predicted molar refractivity (Wildman–Crippen MR) is 62.5 cm³/mol. The Bertz CT molecular complexity index is 422. The van der Waals surface area contributed by atoms with Crippen molar-refractivity contribution in [3.05, 3.63) is 35.9 Å². The number of carbonyl (C=O) groups excluding carboxylic acids is 1. The zero-order valence-electron chi connectivity index (χ0n) is 9.74. The fourth-order valence-electron chi connectivity index (χ4n) is 1.92. The van der Waals surface area contributed by atoms with Gasteiger partial charge in [0.25, 0.3) is 0 Å². The predicted octanol–water partition coefficient (Wildman–Crippen LogP) is 0.986. The largest absolute Gasteiger partial charge is 0.481 e. The van der Waals surface area contributed by atoms with Crippen LogP contribution >= 0.6 is 0 Å². The van der Waals surface area contributed by atoms with E-state index in [1.807, 2.05) is 0 Å². The first-order valence-corrected chi connectivity index (χ1v) is 5.71. The van der Waals surface area contributed by atoms with Crippen molar-refractivity contribution in [2.24, 2.45) is 5.92 Å². The average molecular weight is 250 g/mol. The third kappa shape index (κ3) is 2.75. The van der Waals surface area contributed by atoms with Crippen LogP contribution < -0.4 is 0 Å². The Labute approximate surface area is 104 Å². The standard InChI is InChI=1S/C13H14O5/c14-12(9-4-2-1-3-5-9)11(13(15)16)10-8-17-6-7-18-10/h1-5,10-11H,6-8H2,(H,15,16). The van der Waals surface area contributed by atoms with Crippen LogP contribution in [0.5, 0.6) is 0 Å². The van der Waals surface area contributed by atoms with E-state index in [4.69, 9.17) is 9.47 Å². The third-order valence-corrected chi connectivity index (χ3v) is 2.82. The summed E-state index contributed by atoms with van der Waals surface area (Å²) in [7, 11) is 0. The Hall–Kier alpha value is -1.72. The molecule has 18 heavy (non-hydrogen) atoms. The highest BCUT2D eigenvalue weighted by molar-refractivity contribution is 6.08. The molecule has 1 aromatic carbocycles. The van der Waals surface area contributed by atoms with Gasteiger partial charge in [0.2, 0.25) is 0 Å². The summed E-state index contributed by atoms with van der Waals surface area (Å²) in [6.07, 6.45) is -0.719. The van der Waals surface area contributed by atoms with Crippen molar-refractivity contribution in [3.63, 3.8) is 0 Å². The van der Waals surface area contributed by atoms with E-state index >= 15 is 0 Å². The summed E-state index contributed by atoms with van der Waals surface area (Å²) in [6, 6.07) is 8.37. The zero-order chi connectivity index (χ0) is 13.0. The van der Waals surface area contributed by atoms with Crippen LogP contribution in [0.1, 0.15) is 10.4 Å². The summed E-state index contributed by atoms with van der Waals surface area (Å²) >= 11 is 0. The molecule has 2 atom stereocenters. The molecule has 0 bridgehead atoms. The van der Waals surface area contributed by atoms with E-state index in [0.29, 0.717) is 18.8 Å². The quantitative estimate of drug-likeness (QED) is 0.637. The lowest BCUT2D eigenvalue weighted by Crippen LogP contribution is -2.43. The van der Waals surface area contributed by atoms with Crippen LogP contribution in [-0.4, -0.2) is 42.8 Å². The summed E-state index contributed by atoms with van der Waals surface area (Å²) in [5.41, 5.74) is 0.374. The molecule has 5 heteroatoms. The number of carbonyl (C=O) groups is 2. The van der Waals surface area contributed by atoms with Gasteiger partial charge < -0.3 is 14.6 Å². The lowest BCUT2D eigenvalue weighted by Gasteiger charge is -2.27. The molecule has 1 aromatic rings. The molecule has 1 fully saturated rings. The summed E-state index contributed by atoms with van der Waals surface area (Å²) in [5, 5.41) is 9.20. The van der Waals surface area contributed by atoms with Crippen LogP contribution in [0.2, 0.25) is 0 Å². The topological polar surface area (TPSA) is 72.8 Å². The van der Waals surface area contributed by atoms with Gasteiger partial charge in [-0.15, -0.1) is 0 Å². The second kappa shape index (κ2) is 5.75. The Kier molecular flexibility index (Phi) is 4.07. The molecule has 0 saturated carbocycles. The molecule has 1 saturated heterocycles. The van der Waals surface area contributed by atoms with E-state index < -0.39 is 23.8 Å². The first-order chi connectivity index (χ1) is 8.70. The average Bonchev–Trinajstić information content (AvgIpc) is 2.40. The van der Waals surface area contributed by atoms with Crippen molar-refractivity contribution in [1.82, 2.24) is 0 Å². The van der Waals surface area contributed by atoms with Crippen LogP contribution in [0, 0.1) is 5.92 Å². The fourth-order valence-corrected chi connectivity index (χ4v) is 1.92. The van der Waals surface area contributed by atoms with Gasteiger partial charge in [0.1, 0.15) is 12.0 Å². The number of hydrogen-bond donors (Lipinski definition) is 1. The van der Waals surface area contributed by atoms with E-state index in [1.165, 1.54) is 0 Å². The number of carboxylic acid groups (broad SMARTS) is 1. The van der Waals surface area contributed by atoms with Crippen molar-refractivity contribution in [3.8, 4) is 0 Å².